The van der Waals surface area contributed by atoms with Crippen molar-refractivity contribution in [2.75, 3.05) is 64.4 Å². The summed E-state index contributed by atoms with van der Waals surface area (Å²) in [5.74, 6) is -2.93. The number of carboxylic acid groups (broad SMARTS) is 1. The normalized spacial score (nSPS) is 19.4. The Balaban J connectivity index is 0.000000559. The van der Waals surface area contributed by atoms with Crippen molar-refractivity contribution in [2.45, 2.75) is 38.3 Å². The number of nitrogens with one attached hydrogen (secondary N) is 1. The molecule has 0 aliphatic carbocycles. The van der Waals surface area contributed by atoms with Crippen LogP contribution in [-0.4, -0.2) is 110 Å². The molecular formula is C24H31F6N5O4S. The van der Waals surface area contributed by atoms with Crippen LogP contribution in [0.4, 0.5) is 32.2 Å². The molecule has 0 unspecified atom stereocenters. The maximum absolute atomic E-state index is 13.8. The molecule has 0 spiro atoms. The van der Waals surface area contributed by atoms with Crippen molar-refractivity contribution in [3.63, 3.8) is 0 Å². The van der Waals surface area contributed by atoms with Crippen molar-refractivity contribution in [1.82, 2.24) is 20.1 Å². The number of amides is 1. The first-order valence-electron chi connectivity index (χ1n) is 12.5. The van der Waals surface area contributed by atoms with E-state index in [-0.39, 0.29) is 27.7 Å². The number of hydrogen-bond acceptors (Lipinski definition) is 8. The van der Waals surface area contributed by atoms with Gasteiger partial charge in [-0.05, 0) is 19.9 Å². The summed E-state index contributed by atoms with van der Waals surface area (Å²) in [7, 11) is 1.45. The van der Waals surface area contributed by atoms with Crippen molar-refractivity contribution in [3.05, 3.63) is 22.6 Å². The summed E-state index contributed by atoms with van der Waals surface area (Å²) in [6.45, 7) is 10.3. The number of ether oxygens (including phenoxy) is 1. The molecule has 2 aliphatic rings. The Labute approximate surface area is 230 Å². The van der Waals surface area contributed by atoms with E-state index >= 15 is 0 Å². The molecule has 2 N–H and O–H groups in total. The molecule has 9 nitrogen and oxygen atoms in total. The predicted molar refractivity (Wildman–Crippen MR) is 137 cm³/mol. The molecule has 4 rings (SSSR count). The minimum Gasteiger partial charge on any atom is -0.475 e. The first-order valence-corrected chi connectivity index (χ1v) is 13.3. The minimum atomic E-state index is -5.08. The van der Waals surface area contributed by atoms with Gasteiger partial charge in [-0.1, -0.05) is 0 Å². The Morgan fingerprint density at radius 1 is 1.15 bits per heavy atom. The second kappa shape index (κ2) is 12.9. The van der Waals surface area contributed by atoms with Gasteiger partial charge in [0, 0.05) is 64.3 Å². The Bertz CT molecular complexity index is 1180. The summed E-state index contributed by atoms with van der Waals surface area (Å²) in [4.78, 5) is 32.2. The summed E-state index contributed by atoms with van der Waals surface area (Å²) < 4.78 is 79.1. The van der Waals surface area contributed by atoms with E-state index in [9.17, 15) is 31.1 Å². The van der Waals surface area contributed by atoms with Crippen LogP contribution in [0.5, 0.6) is 0 Å². The summed E-state index contributed by atoms with van der Waals surface area (Å²) in [5.41, 5.74) is -0.460. The summed E-state index contributed by atoms with van der Waals surface area (Å²) >= 11 is 0.900. The van der Waals surface area contributed by atoms with Crippen molar-refractivity contribution < 1.29 is 45.8 Å². The second-order valence-corrected chi connectivity index (χ2v) is 10.5. The maximum Gasteiger partial charge on any atom is 0.490 e. The van der Waals surface area contributed by atoms with Gasteiger partial charge in [0.2, 0.25) is 0 Å². The van der Waals surface area contributed by atoms with Crippen LogP contribution in [0.25, 0.3) is 10.2 Å². The van der Waals surface area contributed by atoms with Crippen molar-refractivity contribution in [3.8, 4) is 0 Å². The van der Waals surface area contributed by atoms with Gasteiger partial charge in [0.05, 0.1) is 34.1 Å². The largest absolute Gasteiger partial charge is 0.490 e. The van der Waals surface area contributed by atoms with Gasteiger partial charge >= 0.3 is 18.3 Å². The fourth-order valence-electron chi connectivity index (χ4n) is 4.43. The monoisotopic (exact) mass is 599 g/mol. The van der Waals surface area contributed by atoms with Crippen LogP contribution in [0, 0.1) is 0 Å². The van der Waals surface area contributed by atoms with E-state index in [1.165, 1.54) is 12.4 Å². The fourth-order valence-corrected chi connectivity index (χ4v) is 5.46. The van der Waals surface area contributed by atoms with Gasteiger partial charge < -0.3 is 20.1 Å². The van der Waals surface area contributed by atoms with Gasteiger partial charge in [-0.2, -0.15) is 26.3 Å². The zero-order valence-corrected chi connectivity index (χ0v) is 22.9. The van der Waals surface area contributed by atoms with Crippen molar-refractivity contribution >= 4 is 39.2 Å². The van der Waals surface area contributed by atoms with Gasteiger partial charge in [0.1, 0.15) is 5.82 Å². The number of pyridine rings is 1. The van der Waals surface area contributed by atoms with Crippen LogP contribution in [0.3, 0.4) is 0 Å². The number of thiophene rings is 1. The molecule has 40 heavy (non-hydrogen) atoms. The van der Waals surface area contributed by atoms with E-state index in [4.69, 9.17) is 14.6 Å². The molecule has 1 amide bonds. The highest BCUT2D eigenvalue weighted by molar-refractivity contribution is 7.17. The number of halogens is 6. The lowest BCUT2D eigenvalue weighted by Gasteiger charge is -2.40. The third-order valence-electron chi connectivity index (χ3n) is 6.59. The average Bonchev–Trinajstić information content (AvgIpc) is 3.31. The molecule has 224 valence electrons. The summed E-state index contributed by atoms with van der Waals surface area (Å²) in [5, 5.41) is 11.0. The third kappa shape index (κ3) is 7.95. The Morgan fingerprint density at radius 2 is 1.77 bits per heavy atom. The van der Waals surface area contributed by atoms with Crippen LogP contribution >= 0.6 is 11.3 Å². The Hall–Kier alpha value is -2.69. The third-order valence-corrected chi connectivity index (χ3v) is 7.59. The highest BCUT2D eigenvalue weighted by Crippen LogP contribution is 2.40. The number of carbonyl (C=O) groups excluding carboxylic acids is 1. The number of alkyl halides is 6. The second-order valence-electron chi connectivity index (χ2n) is 9.60. The molecule has 4 heterocycles. The standard InChI is InChI=1S/C22H30F3N5O2S.C2HF3O2/c1-14(2)30-8-9-32-15(12-30)11-28-4-6-29(7-5-28)18-10-17(22(23,24)25)20-19(27-18)16(13-33-20)21(31)26-3;3-2(4,5)1(6)7/h10,13-15H,4-9,11-12H2,1-3H3,(H,26,31);(H,6,7)/t15-;/m0./s1. The number of hydrogen-bond donors (Lipinski definition) is 2. The molecule has 0 radical (unpaired) electrons. The van der Waals surface area contributed by atoms with Gasteiger partial charge in [0.25, 0.3) is 5.91 Å². The van der Waals surface area contributed by atoms with Crippen molar-refractivity contribution in [1.29, 1.82) is 0 Å². The number of rotatable bonds is 5. The van der Waals surface area contributed by atoms with Crippen LogP contribution < -0.4 is 10.2 Å². The zero-order chi connectivity index (χ0) is 29.8. The first kappa shape index (κ1) is 31.8. The highest BCUT2D eigenvalue weighted by Gasteiger charge is 2.38. The van der Waals surface area contributed by atoms with Crippen LogP contribution in [0.15, 0.2) is 11.4 Å². The fraction of sp³-hybridized carbons (Fsp3) is 0.625. The molecule has 0 aromatic carbocycles. The van der Waals surface area contributed by atoms with Crippen LogP contribution in [0.2, 0.25) is 0 Å². The molecule has 2 aromatic rings. The van der Waals surface area contributed by atoms with Gasteiger partial charge in [-0.15, -0.1) is 11.3 Å². The van der Waals surface area contributed by atoms with E-state index in [1.807, 2.05) is 4.90 Å². The molecule has 16 heteroatoms. The molecule has 2 saturated heterocycles. The smallest absolute Gasteiger partial charge is 0.475 e. The topological polar surface area (TPSA) is 98.2 Å². The van der Waals surface area contributed by atoms with E-state index in [1.54, 1.807) is 0 Å². The lowest BCUT2D eigenvalue weighted by Crippen LogP contribution is -2.53. The number of morpholine rings is 1. The number of anilines is 1. The number of piperazine rings is 1. The highest BCUT2D eigenvalue weighted by atomic mass is 32.1. The first-order chi connectivity index (χ1) is 18.6. The molecule has 2 fully saturated rings. The SMILES string of the molecule is CNC(=O)c1csc2c(C(F)(F)F)cc(N3CCN(C[C@H]4CN(C(C)C)CCO4)CC3)nc12.O=C(O)C(F)(F)F. The Kier molecular flexibility index (Phi) is 10.2. The van der Waals surface area contributed by atoms with E-state index in [0.717, 1.165) is 43.6 Å². The van der Waals surface area contributed by atoms with E-state index < -0.39 is 29.8 Å². The molecule has 2 aromatic heterocycles. The number of aliphatic carboxylic acids is 1. The van der Waals surface area contributed by atoms with Crippen LogP contribution in [-0.2, 0) is 15.7 Å². The molecule has 1 atom stereocenters. The molecule has 2 aliphatic heterocycles. The van der Waals surface area contributed by atoms with Gasteiger partial charge in [0.15, 0.2) is 0 Å². The van der Waals surface area contributed by atoms with Crippen molar-refractivity contribution in [2.24, 2.45) is 0 Å². The van der Waals surface area contributed by atoms with Crippen LogP contribution in [0.1, 0.15) is 29.8 Å². The molecular weight excluding hydrogens is 568 g/mol. The average molecular weight is 600 g/mol. The van der Waals surface area contributed by atoms with Gasteiger partial charge in [-0.25, -0.2) is 9.78 Å². The maximum atomic E-state index is 13.8. The lowest BCUT2D eigenvalue weighted by atomic mass is 10.1. The summed E-state index contributed by atoms with van der Waals surface area (Å²) in [6, 6.07) is 1.60. The van der Waals surface area contributed by atoms with Gasteiger partial charge in [-0.3, -0.25) is 14.6 Å². The molecule has 0 saturated carbocycles. The van der Waals surface area contributed by atoms with E-state index in [0.29, 0.717) is 32.2 Å². The number of fused-ring (bicyclic) bond motifs is 1. The zero-order valence-electron chi connectivity index (χ0n) is 22.1. The number of nitrogens with zero attached hydrogens (tertiary/aromatic N) is 4. The minimum absolute atomic E-state index is 0.00681. The Morgan fingerprint density at radius 3 is 2.30 bits per heavy atom. The predicted octanol–water partition coefficient (Wildman–Crippen LogP) is 3.54. The van der Waals surface area contributed by atoms with E-state index in [2.05, 4.69) is 33.9 Å². The lowest BCUT2D eigenvalue weighted by molar-refractivity contribution is -0.192. The number of aromatic nitrogens is 1. The molecule has 0 bridgehead atoms. The summed E-state index contributed by atoms with van der Waals surface area (Å²) in [6.07, 6.45) is -9.47. The quantitative estimate of drug-likeness (QED) is 0.504. The number of carboxylic acids is 1. The number of carbonyl (C=O) groups is 2.